The molecule has 2 nitrogen and oxygen atoms in total. The first-order valence-electron chi connectivity index (χ1n) is 12.1. The molecule has 27 heavy (non-hydrogen) atoms. The maximum Gasteiger partial charge on any atom is 0.0559 e. The summed E-state index contributed by atoms with van der Waals surface area (Å²) in [5.74, 6) is 7.94. The zero-order valence-corrected chi connectivity index (χ0v) is 17.4. The van der Waals surface area contributed by atoms with Gasteiger partial charge in [-0.25, -0.2) is 0 Å². The molecule has 8 aliphatic rings. The summed E-state index contributed by atoms with van der Waals surface area (Å²) >= 11 is 0. The first kappa shape index (κ1) is 17.1. The lowest BCUT2D eigenvalue weighted by atomic mass is 9.54. The van der Waals surface area contributed by atoms with E-state index in [0.717, 1.165) is 53.4 Å². The lowest BCUT2D eigenvalue weighted by Crippen LogP contribution is -2.54. The molecule has 0 aromatic carbocycles. The topological polar surface area (TPSA) is 24.4 Å². The van der Waals surface area contributed by atoms with E-state index in [-0.39, 0.29) is 0 Å². The van der Waals surface area contributed by atoms with Crippen LogP contribution < -0.4 is 5.32 Å². The Hall–Kier alpha value is -0.790. The molecule has 8 rings (SSSR count). The average Bonchev–Trinajstić information content (AvgIpc) is 2.60. The Bertz CT molecular complexity index is 603. The van der Waals surface area contributed by atoms with Crippen molar-refractivity contribution in [3.8, 4) is 0 Å². The van der Waals surface area contributed by atoms with Gasteiger partial charge in [-0.2, -0.15) is 0 Å². The lowest BCUT2D eigenvalue weighted by molar-refractivity contribution is -0.0101. The maximum absolute atomic E-state index is 5.30. The van der Waals surface area contributed by atoms with Gasteiger partial charge in [-0.3, -0.25) is 4.99 Å². The first-order valence-corrected chi connectivity index (χ1v) is 12.1. The third-order valence-electron chi connectivity index (χ3n) is 9.58. The fourth-order valence-electron chi connectivity index (χ4n) is 9.16. The number of hydrogen-bond acceptors (Lipinski definition) is 2. The molecule has 8 aliphatic carbocycles. The van der Waals surface area contributed by atoms with Gasteiger partial charge in [0, 0.05) is 17.5 Å². The van der Waals surface area contributed by atoms with Gasteiger partial charge in [0.05, 0.1) is 6.04 Å². The largest absolute Gasteiger partial charge is 0.385 e. The summed E-state index contributed by atoms with van der Waals surface area (Å²) in [4.78, 5) is 5.30. The molecule has 0 spiro atoms. The second-order valence-electron chi connectivity index (χ2n) is 11.6. The molecule has 8 fully saturated rings. The molecule has 0 aliphatic heterocycles. The van der Waals surface area contributed by atoms with E-state index in [1.54, 1.807) is 6.42 Å². The highest BCUT2D eigenvalue weighted by Crippen LogP contribution is 2.55. The number of nitrogens with zero attached hydrogens (tertiary/aromatic N) is 1. The summed E-state index contributed by atoms with van der Waals surface area (Å²) in [5.41, 5.74) is 2.65. The van der Waals surface area contributed by atoms with Crippen molar-refractivity contribution in [3.63, 3.8) is 0 Å². The monoisotopic (exact) mass is 366 g/mol. The van der Waals surface area contributed by atoms with Crippen molar-refractivity contribution in [2.75, 3.05) is 0 Å². The second-order valence-corrected chi connectivity index (χ2v) is 11.6. The van der Waals surface area contributed by atoms with Gasteiger partial charge in [0.1, 0.15) is 0 Å². The van der Waals surface area contributed by atoms with Crippen LogP contribution in [0.5, 0.6) is 0 Å². The van der Waals surface area contributed by atoms with Gasteiger partial charge in [0.2, 0.25) is 0 Å². The average molecular weight is 367 g/mol. The minimum Gasteiger partial charge on any atom is -0.385 e. The van der Waals surface area contributed by atoms with E-state index in [1.165, 1.54) is 69.2 Å². The fourth-order valence-corrected chi connectivity index (χ4v) is 9.16. The summed E-state index contributed by atoms with van der Waals surface area (Å²) in [6.07, 6.45) is 17.4. The van der Waals surface area contributed by atoms with Gasteiger partial charge in [-0.05, 0) is 131 Å². The van der Waals surface area contributed by atoms with Gasteiger partial charge in [-0.1, -0.05) is 0 Å². The number of allylic oxidation sites excluding steroid dienone is 2. The molecular formula is C25H38N2. The Kier molecular flexibility index (Phi) is 4.03. The van der Waals surface area contributed by atoms with Gasteiger partial charge in [0.25, 0.3) is 0 Å². The molecule has 8 saturated carbocycles. The molecule has 0 unspecified atom stereocenters. The highest BCUT2D eigenvalue weighted by Gasteiger charge is 2.49. The molecule has 0 radical (unpaired) electrons. The summed E-state index contributed by atoms with van der Waals surface area (Å²) in [6.45, 7) is 4.55. The predicted molar refractivity (Wildman–Crippen MR) is 112 cm³/mol. The van der Waals surface area contributed by atoms with Crippen LogP contribution >= 0.6 is 0 Å². The Balaban J connectivity index is 1.13. The van der Waals surface area contributed by atoms with E-state index in [4.69, 9.17) is 4.99 Å². The van der Waals surface area contributed by atoms with Crippen molar-refractivity contribution in [2.24, 2.45) is 52.3 Å². The van der Waals surface area contributed by atoms with Crippen LogP contribution in [0.15, 0.2) is 16.8 Å². The van der Waals surface area contributed by atoms with Gasteiger partial charge in [-0.15, -0.1) is 0 Å². The summed E-state index contributed by atoms with van der Waals surface area (Å²) in [6, 6.07) is 1.39. The van der Waals surface area contributed by atoms with Crippen LogP contribution in [-0.2, 0) is 0 Å². The molecule has 0 aromatic heterocycles. The second kappa shape index (κ2) is 6.36. The smallest absolute Gasteiger partial charge is 0.0559 e. The van der Waals surface area contributed by atoms with Crippen LogP contribution in [-0.4, -0.2) is 17.8 Å². The van der Waals surface area contributed by atoms with Crippen LogP contribution in [0.1, 0.15) is 78.1 Å². The minimum absolute atomic E-state index is 0.642. The molecule has 0 heterocycles. The van der Waals surface area contributed by atoms with Crippen LogP contribution in [0.3, 0.4) is 0 Å². The molecule has 0 saturated heterocycles. The number of rotatable bonds is 4. The van der Waals surface area contributed by atoms with Crippen molar-refractivity contribution in [1.29, 1.82) is 0 Å². The molecule has 0 amide bonds. The van der Waals surface area contributed by atoms with Crippen molar-refractivity contribution >= 4 is 5.71 Å². The fraction of sp³-hybridized carbons (Fsp3) is 0.880. The predicted octanol–water partition coefficient (Wildman–Crippen LogP) is 5.59. The summed E-state index contributed by atoms with van der Waals surface area (Å²) < 4.78 is 0. The number of hydrogen-bond donors (Lipinski definition) is 1. The zero-order valence-electron chi connectivity index (χ0n) is 17.4. The van der Waals surface area contributed by atoms with E-state index in [1.807, 2.05) is 0 Å². The highest BCUT2D eigenvalue weighted by atomic mass is 15.0. The van der Waals surface area contributed by atoms with E-state index >= 15 is 0 Å². The number of nitrogens with one attached hydrogen (secondary N) is 1. The standard InChI is InChI=1S/C25H38N2/c1-14(26-24-20-6-16-4-17(8-20)9-21(24)7-16)3-15(2)27-25-22-10-18-5-19(12-22)13-23(25)11-18/h3,16-26H,4-13H2,1-2H3/b14-3-,27-15?. The quantitative estimate of drug-likeness (QED) is 0.644. The van der Waals surface area contributed by atoms with Gasteiger partial charge < -0.3 is 5.32 Å². The third-order valence-corrected chi connectivity index (χ3v) is 9.58. The third kappa shape index (κ3) is 3.01. The Morgan fingerprint density at radius 1 is 0.667 bits per heavy atom. The normalized spacial score (nSPS) is 53.3. The maximum atomic E-state index is 5.30. The van der Waals surface area contributed by atoms with E-state index in [0.29, 0.717) is 6.04 Å². The van der Waals surface area contributed by atoms with E-state index in [2.05, 4.69) is 25.2 Å². The van der Waals surface area contributed by atoms with Crippen LogP contribution in [0, 0.1) is 47.3 Å². The van der Waals surface area contributed by atoms with Crippen molar-refractivity contribution < 1.29 is 0 Å². The summed E-state index contributed by atoms with van der Waals surface area (Å²) in [5, 5.41) is 3.97. The minimum atomic E-state index is 0.642. The molecular weight excluding hydrogens is 328 g/mol. The van der Waals surface area contributed by atoms with Crippen molar-refractivity contribution in [3.05, 3.63) is 11.8 Å². The Morgan fingerprint density at radius 2 is 1.11 bits per heavy atom. The molecule has 148 valence electrons. The first-order chi connectivity index (χ1) is 13.1. The molecule has 8 bridgehead atoms. The van der Waals surface area contributed by atoms with Crippen molar-refractivity contribution in [1.82, 2.24) is 5.32 Å². The van der Waals surface area contributed by atoms with E-state index < -0.39 is 0 Å². The van der Waals surface area contributed by atoms with Gasteiger partial charge >= 0.3 is 0 Å². The SMILES string of the molecule is CC(/C=C(/C)NC1C2CC3CC(C2)CC1C3)=NC1C2CC3CC(C2)CC1C3. The Morgan fingerprint density at radius 3 is 1.59 bits per heavy atom. The van der Waals surface area contributed by atoms with Crippen LogP contribution in [0.4, 0.5) is 0 Å². The lowest BCUT2D eigenvalue weighted by Gasteiger charge is -2.54. The Labute approximate surface area is 165 Å². The molecule has 2 heteroatoms. The van der Waals surface area contributed by atoms with E-state index in [9.17, 15) is 0 Å². The van der Waals surface area contributed by atoms with Crippen molar-refractivity contribution in [2.45, 2.75) is 90.1 Å². The molecule has 1 N–H and O–H groups in total. The number of aliphatic imine (C=N–C) groups is 1. The highest BCUT2D eigenvalue weighted by molar-refractivity contribution is 5.93. The van der Waals surface area contributed by atoms with Crippen LogP contribution in [0.25, 0.3) is 0 Å². The zero-order chi connectivity index (χ0) is 18.1. The summed E-state index contributed by atoms with van der Waals surface area (Å²) in [7, 11) is 0. The molecule has 0 atom stereocenters. The van der Waals surface area contributed by atoms with Crippen LogP contribution in [0.2, 0.25) is 0 Å². The molecule has 0 aromatic rings. The van der Waals surface area contributed by atoms with Gasteiger partial charge in [0.15, 0.2) is 0 Å².